The van der Waals surface area contributed by atoms with Crippen LogP contribution in [-0.2, 0) is 4.79 Å². The summed E-state index contributed by atoms with van der Waals surface area (Å²) in [6.45, 7) is 1.65. The molecule has 1 aliphatic carbocycles. The van der Waals surface area contributed by atoms with Gasteiger partial charge in [0.25, 0.3) is 5.56 Å². The van der Waals surface area contributed by atoms with Crippen molar-refractivity contribution in [3.05, 3.63) is 46.4 Å². The average molecular weight is 343 g/mol. The molecule has 1 aromatic carbocycles. The van der Waals surface area contributed by atoms with Gasteiger partial charge in [0.05, 0.1) is 19.9 Å². The largest absolute Gasteiger partial charge is 0.493 e. The number of hydrogen-bond acceptors (Lipinski definition) is 5. The van der Waals surface area contributed by atoms with Crippen LogP contribution in [0.1, 0.15) is 37.4 Å². The van der Waals surface area contributed by atoms with Gasteiger partial charge in [0.15, 0.2) is 11.5 Å². The lowest BCUT2D eigenvalue weighted by Crippen LogP contribution is -2.33. The molecule has 0 aliphatic heterocycles. The van der Waals surface area contributed by atoms with E-state index in [0.29, 0.717) is 23.1 Å². The number of carbonyl (C=O) groups is 1. The third-order valence-corrected chi connectivity index (χ3v) is 4.24. The third-order valence-electron chi connectivity index (χ3n) is 4.24. The first kappa shape index (κ1) is 17.0. The molecule has 1 N–H and O–H groups in total. The number of methoxy groups -OCH3 is 2. The summed E-state index contributed by atoms with van der Waals surface area (Å²) in [5.74, 6) is 1.17. The molecule has 1 aromatic heterocycles. The SMILES string of the molecule is COc1ccc(NC(=O)C(C)n2nc(C3CC3)ccc2=O)cc1OC. The predicted molar refractivity (Wildman–Crippen MR) is 93.4 cm³/mol. The molecule has 1 fully saturated rings. The topological polar surface area (TPSA) is 82.5 Å². The molecule has 1 amide bonds. The van der Waals surface area contributed by atoms with E-state index in [1.165, 1.54) is 17.9 Å². The standard InChI is InChI=1S/C18H21N3O4/c1-11(21-17(22)9-7-14(20-21)12-4-5-12)18(23)19-13-6-8-15(24-2)16(10-13)25-3/h6-12H,4-5H2,1-3H3,(H,19,23). The van der Waals surface area contributed by atoms with Crippen LogP contribution in [0.25, 0.3) is 0 Å². The Kier molecular flexibility index (Phi) is 4.74. The second-order valence-corrected chi connectivity index (χ2v) is 6.05. The van der Waals surface area contributed by atoms with Crippen LogP contribution in [0.5, 0.6) is 11.5 Å². The van der Waals surface area contributed by atoms with E-state index in [1.807, 2.05) is 0 Å². The first-order chi connectivity index (χ1) is 12.0. The van der Waals surface area contributed by atoms with Crippen LogP contribution < -0.4 is 20.3 Å². The fourth-order valence-corrected chi connectivity index (χ4v) is 2.59. The Balaban J connectivity index is 1.79. The maximum absolute atomic E-state index is 12.5. The van der Waals surface area contributed by atoms with Gasteiger partial charge in [-0.25, -0.2) is 4.68 Å². The van der Waals surface area contributed by atoms with E-state index in [2.05, 4.69) is 10.4 Å². The van der Waals surface area contributed by atoms with Gasteiger partial charge in [-0.1, -0.05) is 0 Å². The van der Waals surface area contributed by atoms with Crippen molar-refractivity contribution in [3.63, 3.8) is 0 Å². The molecule has 0 radical (unpaired) electrons. The van der Waals surface area contributed by atoms with E-state index in [1.54, 1.807) is 38.3 Å². The number of benzene rings is 1. The maximum Gasteiger partial charge on any atom is 0.267 e. The molecule has 1 heterocycles. The summed E-state index contributed by atoms with van der Waals surface area (Å²) in [6.07, 6.45) is 2.16. The summed E-state index contributed by atoms with van der Waals surface area (Å²) >= 11 is 0. The molecular formula is C18H21N3O4. The molecule has 1 unspecified atom stereocenters. The molecule has 1 saturated carbocycles. The third kappa shape index (κ3) is 3.65. The van der Waals surface area contributed by atoms with Crippen molar-refractivity contribution in [1.82, 2.24) is 9.78 Å². The van der Waals surface area contributed by atoms with E-state index >= 15 is 0 Å². The van der Waals surface area contributed by atoms with E-state index in [9.17, 15) is 9.59 Å². The zero-order valence-electron chi connectivity index (χ0n) is 14.5. The van der Waals surface area contributed by atoms with Gasteiger partial charge >= 0.3 is 0 Å². The Morgan fingerprint density at radius 2 is 1.92 bits per heavy atom. The Morgan fingerprint density at radius 1 is 1.20 bits per heavy atom. The number of anilines is 1. The van der Waals surface area contributed by atoms with Crippen molar-refractivity contribution in [2.24, 2.45) is 0 Å². The highest BCUT2D eigenvalue weighted by atomic mass is 16.5. The first-order valence-electron chi connectivity index (χ1n) is 8.16. The van der Waals surface area contributed by atoms with Gasteiger partial charge < -0.3 is 14.8 Å². The van der Waals surface area contributed by atoms with Crippen molar-refractivity contribution in [2.75, 3.05) is 19.5 Å². The summed E-state index contributed by atoms with van der Waals surface area (Å²) in [5.41, 5.74) is 1.13. The maximum atomic E-state index is 12.5. The highest BCUT2D eigenvalue weighted by molar-refractivity contribution is 5.93. The fraction of sp³-hybridized carbons (Fsp3) is 0.389. The minimum absolute atomic E-state index is 0.292. The Labute approximate surface area is 145 Å². The van der Waals surface area contributed by atoms with Crippen LogP contribution >= 0.6 is 0 Å². The highest BCUT2D eigenvalue weighted by Gasteiger charge is 2.27. The number of aromatic nitrogens is 2. The molecule has 132 valence electrons. The number of hydrogen-bond donors (Lipinski definition) is 1. The van der Waals surface area contributed by atoms with Crippen LogP contribution in [0, 0.1) is 0 Å². The molecule has 7 heteroatoms. The molecule has 3 rings (SSSR count). The van der Waals surface area contributed by atoms with Crippen LogP contribution in [0.2, 0.25) is 0 Å². The highest BCUT2D eigenvalue weighted by Crippen LogP contribution is 2.38. The van der Waals surface area contributed by atoms with Gasteiger partial charge in [0.2, 0.25) is 5.91 Å². The lowest BCUT2D eigenvalue weighted by molar-refractivity contribution is -0.119. The van der Waals surface area contributed by atoms with Gasteiger partial charge in [-0.3, -0.25) is 9.59 Å². The van der Waals surface area contributed by atoms with E-state index in [-0.39, 0.29) is 11.5 Å². The van der Waals surface area contributed by atoms with Crippen LogP contribution in [0.15, 0.2) is 35.1 Å². The van der Waals surface area contributed by atoms with Gasteiger partial charge in [-0.05, 0) is 38.0 Å². The zero-order chi connectivity index (χ0) is 18.0. The molecule has 1 atom stereocenters. The van der Waals surface area contributed by atoms with Gasteiger partial charge in [-0.2, -0.15) is 5.10 Å². The number of nitrogens with zero attached hydrogens (tertiary/aromatic N) is 2. The molecule has 0 spiro atoms. The van der Waals surface area contributed by atoms with Crippen molar-refractivity contribution in [3.8, 4) is 11.5 Å². The molecule has 1 aliphatic rings. The second-order valence-electron chi connectivity index (χ2n) is 6.05. The van der Waals surface area contributed by atoms with Crippen molar-refractivity contribution >= 4 is 11.6 Å². The summed E-state index contributed by atoms with van der Waals surface area (Å²) in [4.78, 5) is 24.6. The first-order valence-corrected chi connectivity index (χ1v) is 8.16. The number of rotatable bonds is 6. The van der Waals surface area contributed by atoms with E-state index < -0.39 is 6.04 Å². The fourth-order valence-electron chi connectivity index (χ4n) is 2.59. The summed E-state index contributed by atoms with van der Waals surface area (Å²) < 4.78 is 11.6. The smallest absolute Gasteiger partial charge is 0.267 e. The molecule has 0 saturated heterocycles. The lowest BCUT2D eigenvalue weighted by atomic mass is 10.2. The second kappa shape index (κ2) is 6.96. The number of nitrogens with one attached hydrogen (secondary N) is 1. The predicted octanol–water partition coefficient (Wildman–Crippen LogP) is 2.34. The average Bonchev–Trinajstić information content (AvgIpc) is 3.46. The monoisotopic (exact) mass is 343 g/mol. The molecule has 0 bridgehead atoms. The molecule has 7 nitrogen and oxygen atoms in total. The van der Waals surface area contributed by atoms with Crippen LogP contribution in [-0.4, -0.2) is 29.9 Å². The van der Waals surface area contributed by atoms with Gasteiger partial charge in [0, 0.05) is 23.7 Å². The number of ether oxygens (including phenoxy) is 2. The number of carbonyl (C=O) groups excluding carboxylic acids is 1. The summed E-state index contributed by atoms with van der Waals surface area (Å²) in [5, 5.41) is 7.14. The zero-order valence-corrected chi connectivity index (χ0v) is 14.5. The van der Waals surface area contributed by atoms with Crippen molar-refractivity contribution in [2.45, 2.75) is 31.7 Å². The van der Waals surface area contributed by atoms with Crippen LogP contribution in [0.4, 0.5) is 5.69 Å². The Hall–Kier alpha value is -2.83. The molecular weight excluding hydrogens is 322 g/mol. The van der Waals surface area contributed by atoms with Crippen LogP contribution in [0.3, 0.4) is 0 Å². The van der Waals surface area contributed by atoms with Gasteiger partial charge in [-0.15, -0.1) is 0 Å². The minimum atomic E-state index is -0.723. The molecule has 25 heavy (non-hydrogen) atoms. The van der Waals surface area contributed by atoms with E-state index in [0.717, 1.165) is 18.5 Å². The summed E-state index contributed by atoms with van der Waals surface area (Å²) in [6, 6.07) is 7.58. The number of amides is 1. The minimum Gasteiger partial charge on any atom is -0.493 e. The quantitative estimate of drug-likeness (QED) is 0.870. The van der Waals surface area contributed by atoms with Crippen molar-refractivity contribution in [1.29, 1.82) is 0 Å². The van der Waals surface area contributed by atoms with E-state index in [4.69, 9.17) is 9.47 Å². The Bertz CT molecular complexity index is 842. The van der Waals surface area contributed by atoms with Crippen molar-refractivity contribution < 1.29 is 14.3 Å². The molecule has 2 aromatic rings. The normalized spacial score (nSPS) is 14.7. The summed E-state index contributed by atoms with van der Waals surface area (Å²) in [7, 11) is 3.07. The lowest BCUT2D eigenvalue weighted by Gasteiger charge is -2.16. The Morgan fingerprint density at radius 3 is 2.56 bits per heavy atom. The van der Waals surface area contributed by atoms with Gasteiger partial charge in [0.1, 0.15) is 6.04 Å².